The van der Waals surface area contributed by atoms with Crippen molar-refractivity contribution in [3.8, 4) is 10.6 Å². The maximum Gasteiger partial charge on any atom is 0.170 e. The van der Waals surface area contributed by atoms with Crippen LogP contribution in [0.2, 0.25) is 5.02 Å². The first-order valence-electron chi connectivity index (χ1n) is 4.85. The van der Waals surface area contributed by atoms with Crippen molar-refractivity contribution in [1.82, 2.24) is 5.16 Å². The fraction of sp³-hybridized carbons (Fsp3) is 0.0833. The quantitative estimate of drug-likeness (QED) is 0.634. The lowest BCUT2D eigenvalue weighted by atomic mass is 10.1. The fourth-order valence-corrected chi connectivity index (χ4v) is 2.75. The standard InChI is InChI=1S/C12H8ClNOS/c1-7-5-8(13)6-9-11(14-15-12(7)9)10-3-2-4-16-10/h2-6H,1H3. The highest BCUT2D eigenvalue weighted by Gasteiger charge is 2.13. The van der Waals surface area contributed by atoms with Crippen LogP contribution in [-0.4, -0.2) is 5.16 Å². The van der Waals surface area contributed by atoms with Crippen molar-refractivity contribution in [2.24, 2.45) is 0 Å². The van der Waals surface area contributed by atoms with Gasteiger partial charge in [-0.2, -0.15) is 0 Å². The van der Waals surface area contributed by atoms with Gasteiger partial charge in [-0.3, -0.25) is 0 Å². The Morgan fingerprint density at radius 3 is 3.00 bits per heavy atom. The minimum atomic E-state index is 0.714. The van der Waals surface area contributed by atoms with Crippen molar-refractivity contribution >= 4 is 33.9 Å². The Labute approximate surface area is 101 Å². The maximum absolute atomic E-state index is 6.05. The third kappa shape index (κ3) is 1.44. The van der Waals surface area contributed by atoms with Gasteiger partial charge in [0.1, 0.15) is 5.69 Å². The van der Waals surface area contributed by atoms with Crippen molar-refractivity contribution in [1.29, 1.82) is 0 Å². The SMILES string of the molecule is Cc1cc(Cl)cc2c(-c3cccs3)noc12. The second-order valence-corrected chi connectivity index (χ2v) is 4.99. The summed E-state index contributed by atoms with van der Waals surface area (Å²) in [4.78, 5) is 1.10. The molecule has 16 heavy (non-hydrogen) atoms. The van der Waals surface area contributed by atoms with E-state index >= 15 is 0 Å². The van der Waals surface area contributed by atoms with Gasteiger partial charge in [-0.25, -0.2) is 0 Å². The van der Waals surface area contributed by atoms with E-state index in [0.717, 1.165) is 27.1 Å². The summed E-state index contributed by atoms with van der Waals surface area (Å²) in [6, 6.07) is 7.80. The third-order valence-electron chi connectivity index (χ3n) is 2.48. The Morgan fingerprint density at radius 1 is 1.38 bits per heavy atom. The molecule has 2 aromatic heterocycles. The molecule has 80 valence electrons. The summed E-state index contributed by atoms with van der Waals surface area (Å²) in [7, 11) is 0. The van der Waals surface area contributed by atoms with Crippen molar-refractivity contribution in [2.45, 2.75) is 6.92 Å². The first-order valence-corrected chi connectivity index (χ1v) is 6.11. The van der Waals surface area contributed by atoms with Crippen molar-refractivity contribution in [2.75, 3.05) is 0 Å². The second-order valence-electron chi connectivity index (χ2n) is 3.61. The van der Waals surface area contributed by atoms with Gasteiger partial charge in [0.25, 0.3) is 0 Å². The second kappa shape index (κ2) is 3.61. The number of nitrogens with zero attached hydrogens (tertiary/aromatic N) is 1. The van der Waals surface area contributed by atoms with Crippen LogP contribution in [0.15, 0.2) is 34.2 Å². The minimum Gasteiger partial charge on any atom is -0.355 e. The third-order valence-corrected chi connectivity index (χ3v) is 3.57. The largest absolute Gasteiger partial charge is 0.355 e. The molecule has 0 radical (unpaired) electrons. The molecule has 3 rings (SSSR count). The average molecular weight is 250 g/mol. The molecule has 0 spiro atoms. The van der Waals surface area contributed by atoms with Gasteiger partial charge in [0.15, 0.2) is 5.58 Å². The molecule has 0 aliphatic heterocycles. The molecule has 2 nitrogen and oxygen atoms in total. The Bertz CT molecular complexity index is 642. The number of benzene rings is 1. The molecule has 4 heteroatoms. The topological polar surface area (TPSA) is 26.0 Å². The van der Waals surface area contributed by atoms with Gasteiger partial charge in [-0.1, -0.05) is 22.8 Å². The lowest BCUT2D eigenvalue weighted by Crippen LogP contribution is -1.76. The Kier molecular flexibility index (Phi) is 2.23. The van der Waals surface area contributed by atoms with Crippen LogP contribution in [0.3, 0.4) is 0 Å². The van der Waals surface area contributed by atoms with Gasteiger partial charge >= 0.3 is 0 Å². The van der Waals surface area contributed by atoms with E-state index in [0.29, 0.717) is 5.02 Å². The summed E-state index contributed by atoms with van der Waals surface area (Å²) in [5.74, 6) is 0. The van der Waals surface area contributed by atoms with Crippen LogP contribution in [0.1, 0.15) is 5.56 Å². The van der Waals surface area contributed by atoms with Crippen LogP contribution in [0.25, 0.3) is 21.5 Å². The molecule has 0 aliphatic rings. The highest BCUT2D eigenvalue weighted by molar-refractivity contribution is 7.13. The summed E-state index contributed by atoms with van der Waals surface area (Å²) in [6.07, 6.45) is 0. The number of rotatable bonds is 1. The smallest absolute Gasteiger partial charge is 0.170 e. The summed E-state index contributed by atoms with van der Waals surface area (Å²) < 4.78 is 5.36. The van der Waals surface area contributed by atoms with E-state index in [1.165, 1.54) is 0 Å². The van der Waals surface area contributed by atoms with Crippen LogP contribution in [-0.2, 0) is 0 Å². The molecule has 0 saturated carbocycles. The van der Waals surface area contributed by atoms with Crippen molar-refractivity contribution in [3.63, 3.8) is 0 Å². The van der Waals surface area contributed by atoms with E-state index in [9.17, 15) is 0 Å². The molecule has 1 aromatic carbocycles. The Morgan fingerprint density at radius 2 is 2.25 bits per heavy atom. The van der Waals surface area contributed by atoms with Gasteiger partial charge in [-0.15, -0.1) is 11.3 Å². The highest BCUT2D eigenvalue weighted by Crippen LogP contribution is 2.34. The number of fused-ring (bicyclic) bond motifs is 1. The Balaban J connectivity index is 2.35. The zero-order valence-electron chi connectivity index (χ0n) is 8.53. The predicted octanol–water partition coefficient (Wildman–Crippen LogP) is 4.52. The van der Waals surface area contributed by atoms with Crippen LogP contribution < -0.4 is 0 Å². The number of hydrogen-bond donors (Lipinski definition) is 0. The van der Waals surface area contributed by atoms with E-state index in [4.69, 9.17) is 16.1 Å². The van der Waals surface area contributed by atoms with Crippen LogP contribution >= 0.6 is 22.9 Å². The molecule has 0 fully saturated rings. The van der Waals surface area contributed by atoms with E-state index in [1.807, 2.05) is 36.6 Å². The van der Waals surface area contributed by atoms with Gasteiger partial charge in [0.05, 0.1) is 10.3 Å². The number of aryl methyl sites for hydroxylation is 1. The van der Waals surface area contributed by atoms with Crippen molar-refractivity contribution < 1.29 is 4.52 Å². The molecule has 2 heterocycles. The Hall–Kier alpha value is -1.32. The molecule has 0 amide bonds. The summed E-state index contributed by atoms with van der Waals surface area (Å²) in [5, 5.41) is 7.83. The molecule has 0 N–H and O–H groups in total. The summed E-state index contributed by atoms with van der Waals surface area (Å²) in [5.41, 5.74) is 2.70. The van der Waals surface area contributed by atoms with Gasteiger partial charge in [0, 0.05) is 5.02 Å². The molecular formula is C12H8ClNOS. The van der Waals surface area contributed by atoms with Crippen molar-refractivity contribution in [3.05, 3.63) is 40.2 Å². The first-order chi connectivity index (χ1) is 7.75. The molecule has 0 atom stereocenters. The van der Waals surface area contributed by atoms with Gasteiger partial charge in [-0.05, 0) is 36.1 Å². The van der Waals surface area contributed by atoms with Crippen LogP contribution in [0.5, 0.6) is 0 Å². The van der Waals surface area contributed by atoms with E-state index < -0.39 is 0 Å². The first kappa shape index (κ1) is 9.87. The van der Waals surface area contributed by atoms with Crippen LogP contribution in [0, 0.1) is 6.92 Å². The van der Waals surface area contributed by atoms with Gasteiger partial charge < -0.3 is 4.52 Å². The van der Waals surface area contributed by atoms with Crippen LogP contribution in [0.4, 0.5) is 0 Å². The van der Waals surface area contributed by atoms with E-state index in [2.05, 4.69) is 5.16 Å². The van der Waals surface area contributed by atoms with E-state index in [1.54, 1.807) is 11.3 Å². The number of thiophene rings is 1. The molecular weight excluding hydrogens is 242 g/mol. The molecule has 0 bridgehead atoms. The van der Waals surface area contributed by atoms with Gasteiger partial charge in [0.2, 0.25) is 0 Å². The lowest BCUT2D eigenvalue weighted by Gasteiger charge is -1.95. The fourth-order valence-electron chi connectivity index (χ4n) is 1.76. The average Bonchev–Trinajstić information content (AvgIpc) is 2.83. The maximum atomic E-state index is 6.05. The number of halogens is 1. The molecule has 0 saturated heterocycles. The molecule has 0 aliphatic carbocycles. The lowest BCUT2D eigenvalue weighted by molar-refractivity contribution is 0.458. The zero-order valence-corrected chi connectivity index (χ0v) is 10.1. The summed E-state index contributed by atoms with van der Waals surface area (Å²) >= 11 is 7.69. The zero-order chi connectivity index (χ0) is 11.1. The normalized spacial score (nSPS) is 11.1. The van der Waals surface area contributed by atoms with E-state index in [-0.39, 0.29) is 0 Å². The minimum absolute atomic E-state index is 0.714. The predicted molar refractivity (Wildman–Crippen MR) is 67.1 cm³/mol. The monoisotopic (exact) mass is 249 g/mol. The molecule has 3 aromatic rings. The molecule has 0 unspecified atom stereocenters. The highest BCUT2D eigenvalue weighted by atomic mass is 35.5. The summed E-state index contributed by atoms with van der Waals surface area (Å²) in [6.45, 7) is 1.97. The number of aromatic nitrogens is 1. The number of hydrogen-bond acceptors (Lipinski definition) is 3.